The highest BCUT2D eigenvalue weighted by atomic mass is 35.5. The van der Waals surface area contributed by atoms with Crippen LogP contribution in [0.2, 0.25) is 5.28 Å². The maximum Gasteiger partial charge on any atom is 0.270 e. The zero-order valence-electron chi connectivity index (χ0n) is 16.6. The van der Waals surface area contributed by atoms with Gasteiger partial charge in [0.05, 0.1) is 0 Å². The smallest absolute Gasteiger partial charge is 0.270 e. The summed E-state index contributed by atoms with van der Waals surface area (Å²) in [7, 11) is 7.66. The maximum absolute atomic E-state index is 12.9. The van der Waals surface area contributed by atoms with Crippen LogP contribution in [0.1, 0.15) is 40.4 Å². The molecule has 6 nitrogen and oxygen atoms in total. The summed E-state index contributed by atoms with van der Waals surface area (Å²) < 4.78 is 1.90. The molecule has 146 valence electrons. The molecule has 1 fully saturated rings. The average molecular weight is 398 g/mol. The summed E-state index contributed by atoms with van der Waals surface area (Å²) in [6.45, 7) is 0.899. The monoisotopic (exact) mass is 397 g/mol. The molecule has 0 atom stereocenters. The molecule has 1 aliphatic rings. The molecule has 0 radical (unpaired) electrons. The number of carbonyl (C=O) groups excluding carboxylic acids is 1. The Bertz CT molecular complexity index is 1050. The minimum Gasteiger partial charge on any atom is -0.343 e. The summed E-state index contributed by atoms with van der Waals surface area (Å²) >= 11 is 6.07. The lowest BCUT2D eigenvalue weighted by atomic mass is 10.0. The number of hydrogen-bond acceptors (Lipinski definition) is 4. The quantitative estimate of drug-likeness (QED) is 0.616. The fourth-order valence-corrected chi connectivity index (χ4v) is 3.73. The van der Waals surface area contributed by atoms with Gasteiger partial charge in [0.2, 0.25) is 5.28 Å². The minimum atomic E-state index is -0.0838. The van der Waals surface area contributed by atoms with Gasteiger partial charge in [-0.05, 0) is 73.8 Å². The highest BCUT2D eigenvalue weighted by Crippen LogP contribution is 2.43. The number of rotatable bonds is 5. The third-order valence-corrected chi connectivity index (χ3v) is 5.21. The Morgan fingerprint density at radius 1 is 1.21 bits per heavy atom. The van der Waals surface area contributed by atoms with E-state index in [0.717, 1.165) is 17.6 Å². The highest BCUT2D eigenvalue weighted by Gasteiger charge is 2.27. The number of nitrogens with zero attached hydrogens (tertiary/aromatic N) is 5. The van der Waals surface area contributed by atoms with Crippen molar-refractivity contribution in [3.05, 3.63) is 52.6 Å². The van der Waals surface area contributed by atoms with Crippen LogP contribution in [0.3, 0.4) is 0 Å². The summed E-state index contributed by atoms with van der Waals surface area (Å²) in [4.78, 5) is 25.1. The molecule has 3 aromatic rings. The molecule has 1 amide bonds. The maximum atomic E-state index is 12.9. The molecule has 1 saturated carbocycles. The minimum absolute atomic E-state index is 0.0838. The standard InChI is InChI=1S/C21H24ClN5O/c1-25(2)12-14-7-8-16(10-17(14)13-5-6-13)27-18(20(28)26(3)4)9-15-11-23-21(22)24-19(15)27/h7-11,13H,5-6,12H2,1-4H3. The van der Waals surface area contributed by atoms with Gasteiger partial charge in [-0.25, -0.2) is 4.98 Å². The van der Waals surface area contributed by atoms with Crippen molar-refractivity contribution in [2.75, 3.05) is 28.2 Å². The summed E-state index contributed by atoms with van der Waals surface area (Å²) in [5, 5.41) is 0.960. The van der Waals surface area contributed by atoms with Crippen LogP contribution >= 0.6 is 11.6 Å². The highest BCUT2D eigenvalue weighted by molar-refractivity contribution is 6.28. The number of halogens is 1. The van der Waals surface area contributed by atoms with Gasteiger partial charge in [-0.3, -0.25) is 9.36 Å². The van der Waals surface area contributed by atoms with Crippen molar-refractivity contribution in [1.29, 1.82) is 0 Å². The molecular formula is C21H24ClN5O. The molecule has 2 heterocycles. The van der Waals surface area contributed by atoms with Crippen molar-refractivity contribution in [3.63, 3.8) is 0 Å². The number of hydrogen-bond donors (Lipinski definition) is 0. The Morgan fingerprint density at radius 2 is 1.96 bits per heavy atom. The first-order chi connectivity index (χ1) is 13.3. The second-order valence-corrected chi connectivity index (χ2v) is 8.22. The molecular weight excluding hydrogens is 374 g/mol. The topological polar surface area (TPSA) is 54.3 Å². The predicted molar refractivity (Wildman–Crippen MR) is 111 cm³/mol. The zero-order chi connectivity index (χ0) is 20.0. The Hall–Kier alpha value is -2.44. The van der Waals surface area contributed by atoms with E-state index in [1.165, 1.54) is 24.0 Å². The number of benzene rings is 1. The van der Waals surface area contributed by atoms with E-state index in [9.17, 15) is 4.79 Å². The van der Waals surface area contributed by atoms with Crippen LogP contribution in [0.5, 0.6) is 0 Å². The van der Waals surface area contributed by atoms with Gasteiger partial charge in [0.25, 0.3) is 5.91 Å². The molecule has 0 aliphatic heterocycles. The van der Waals surface area contributed by atoms with Gasteiger partial charge in [-0.2, -0.15) is 4.98 Å². The normalized spacial score (nSPS) is 14.1. The molecule has 0 spiro atoms. The van der Waals surface area contributed by atoms with Gasteiger partial charge >= 0.3 is 0 Å². The SMILES string of the molecule is CN(C)Cc1ccc(-n2c(C(=O)N(C)C)cc3cnc(Cl)nc32)cc1C1CC1. The van der Waals surface area contributed by atoms with Crippen molar-refractivity contribution < 1.29 is 4.79 Å². The van der Waals surface area contributed by atoms with Gasteiger partial charge in [-0.1, -0.05) is 6.07 Å². The van der Waals surface area contributed by atoms with E-state index in [4.69, 9.17) is 11.6 Å². The third kappa shape index (κ3) is 3.50. The van der Waals surface area contributed by atoms with E-state index in [1.54, 1.807) is 25.2 Å². The first-order valence-corrected chi connectivity index (χ1v) is 9.76. The lowest BCUT2D eigenvalue weighted by Crippen LogP contribution is -2.24. The number of carbonyl (C=O) groups is 1. The van der Waals surface area contributed by atoms with Gasteiger partial charge in [-0.15, -0.1) is 0 Å². The van der Waals surface area contributed by atoms with E-state index in [-0.39, 0.29) is 11.2 Å². The molecule has 0 saturated heterocycles. The molecule has 1 aliphatic carbocycles. The summed E-state index contributed by atoms with van der Waals surface area (Å²) in [5.74, 6) is 0.516. The van der Waals surface area contributed by atoms with Crippen LogP contribution < -0.4 is 0 Å². The fraction of sp³-hybridized carbons (Fsp3) is 0.381. The number of fused-ring (bicyclic) bond motifs is 1. The van der Waals surface area contributed by atoms with Crippen LogP contribution in [0.25, 0.3) is 16.7 Å². The molecule has 0 unspecified atom stereocenters. The third-order valence-electron chi connectivity index (χ3n) is 5.03. The second kappa shape index (κ2) is 7.18. The number of amides is 1. The first-order valence-electron chi connectivity index (χ1n) is 9.38. The van der Waals surface area contributed by atoms with Crippen LogP contribution in [0.15, 0.2) is 30.5 Å². The Labute approximate surface area is 169 Å². The van der Waals surface area contributed by atoms with Crippen molar-refractivity contribution in [2.45, 2.75) is 25.3 Å². The van der Waals surface area contributed by atoms with Crippen LogP contribution in [0.4, 0.5) is 0 Å². The summed E-state index contributed by atoms with van der Waals surface area (Å²) in [6, 6.07) is 8.27. The van der Waals surface area contributed by atoms with E-state index >= 15 is 0 Å². The van der Waals surface area contributed by atoms with Crippen molar-refractivity contribution in [3.8, 4) is 5.69 Å². The molecule has 28 heavy (non-hydrogen) atoms. The van der Waals surface area contributed by atoms with Crippen molar-refractivity contribution in [2.24, 2.45) is 0 Å². The van der Waals surface area contributed by atoms with Gasteiger partial charge < -0.3 is 9.80 Å². The van der Waals surface area contributed by atoms with Crippen LogP contribution in [-0.2, 0) is 6.54 Å². The van der Waals surface area contributed by atoms with Gasteiger partial charge in [0.15, 0.2) is 0 Å². The lowest BCUT2D eigenvalue weighted by molar-refractivity contribution is 0.0820. The first kappa shape index (κ1) is 18.9. The summed E-state index contributed by atoms with van der Waals surface area (Å²) in [6.07, 6.45) is 4.09. The molecule has 0 bridgehead atoms. The van der Waals surface area contributed by atoms with Crippen molar-refractivity contribution >= 4 is 28.5 Å². The van der Waals surface area contributed by atoms with E-state index in [0.29, 0.717) is 17.3 Å². The van der Waals surface area contributed by atoms with Crippen molar-refractivity contribution in [1.82, 2.24) is 24.3 Å². The number of aromatic nitrogens is 3. The Morgan fingerprint density at radius 3 is 2.61 bits per heavy atom. The summed E-state index contributed by atoms with van der Waals surface area (Å²) in [5.41, 5.74) is 4.82. The zero-order valence-corrected chi connectivity index (χ0v) is 17.4. The fourth-order valence-electron chi connectivity index (χ4n) is 3.60. The average Bonchev–Trinajstić information content (AvgIpc) is 3.41. The van der Waals surface area contributed by atoms with Crippen LogP contribution in [-0.4, -0.2) is 58.4 Å². The van der Waals surface area contributed by atoms with E-state index in [2.05, 4.69) is 47.2 Å². The molecule has 2 aromatic heterocycles. The Balaban J connectivity index is 1.92. The predicted octanol–water partition coefficient (Wildman–Crippen LogP) is 3.71. The van der Waals surface area contributed by atoms with Gasteiger partial charge in [0, 0.05) is 37.9 Å². The molecule has 4 rings (SSSR count). The molecule has 1 aromatic carbocycles. The largest absolute Gasteiger partial charge is 0.343 e. The lowest BCUT2D eigenvalue weighted by Gasteiger charge is -2.18. The molecule has 0 N–H and O–H groups in total. The molecule has 7 heteroatoms. The second-order valence-electron chi connectivity index (χ2n) is 7.88. The Kier molecular flexibility index (Phi) is 4.85. The van der Waals surface area contributed by atoms with Crippen LogP contribution in [0, 0.1) is 0 Å². The van der Waals surface area contributed by atoms with E-state index < -0.39 is 0 Å². The van der Waals surface area contributed by atoms with Gasteiger partial charge in [0.1, 0.15) is 11.3 Å². The van der Waals surface area contributed by atoms with E-state index in [1.807, 2.05) is 10.6 Å².